The molecule has 0 fully saturated rings. The molecule has 0 saturated carbocycles. The van der Waals surface area contributed by atoms with Gasteiger partial charge in [-0.3, -0.25) is 9.13 Å². The Kier molecular flexibility index (Phi) is 5.60. The number of hydrogen-bond acceptors (Lipinski definition) is 3. The Morgan fingerprint density at radius 1 is 1.06 bits per heavy atom. The molecular formula is C22H24N8O. The van der Waals surface area contributed by atoms with Gasteiger partial charge >= 0.3 is 5.69 Å². The maximum atomic E-state index is 13.3. The summed E-state index contributed by atoms with van der Waals surface area (Å²) in [5.41, 5.74) is 11.7. The molecule has 0 aliphatic heterocycles. The second-order valence-corrected chi connectivity index (χ2v) is 7.93. The van der Waals surface area contributed by atoms with Gasteiger partial charge in [-0.2, -0.15) is 0 Å². The molecule has 9 heteroatoms. The van der Waals surface area contributed by atoms with E-state index in [0.717, 1.165) is 35.3 Å². The van der Waals surface area contributed by atoms with Gasteiger partial charge in [-0.1, -0.05) is 38.1 Å². The standard InChI is InChI=1S/C22H24N8O/c1-15(2)11-12-28-17-8-4-3-7-16(17)25-21(28)14-30-19-10-6-5-9-18(19)29(22(30)31)13-20(23)26-27-24/h3-10,15,23H,11-14H2,1-2H3. The van der Waals surface area contributed by atoms with Gasteiger partial charge in [-0.05, 0) is 47.2 Å². The first-order chi connectivity index (χ1) is 15.0. The molecular weight excluding hydrogens is 392 g/mol. The van der Waals surface area contributed by atoms with Gasteiger partial charge < -0.3 is 9.98 Å². The first-order valence-corrected chi connectivity index (χ1v) is 10.2. The van der Waals surface area contributed by atoms with Crippen LogP contribution in [0.4, 0.5) is 0 Å². The van der Waals surface area contributed by atoms with E-state index in [4.69, 9.17) is 15.9 Å². The van der Waals surface area contributed by atoms with Crippen molar-refractivity contribution in [2.75, 3.05) is 0 Å². The van der Waals surface area contributed by atoms with Crippen molar-refractivity contribution >= 4 is 27.9 Å². The number of hydrogen-bond donors (Lipinski definition) is 1. The van der Waals surface area contributed by atoms with Crippen molar-refractivity contribution < 1.29 is 0 Å². The predicted octanol–water partition coefficient (Wildman–Crippen LogP) is 4.53. The molecule has 0 bridgehead atoms. The Bertz CT molecular complexity index is 1370. The second kappa shape index (κ2) is 8.49. The highest BCUT2D eigenvalue weighted by Gasteiger charge is 2.17. The SMILES string of the molecule is CC(C)CCn1c(Cn2c(=O)n(CC(=N)N=[N+]=[N-])c3ccccc32)nc2ccccc21. The summed E-state index contributed by atoms with van der Waals surface area (Å²) < 4.78 is 5.33. The first kappa shape index (κ1) is 20.4. The summed E-state index contributed by atoms with van der Waals surface area (Å²) in [5, 5.41) is 11.1. The summed E-state index contributed by atoms with van der Waals surface area (Å²) in [5.74, 6) is 1.15. The molecule has 0 atom stereocenters. The highest BCUT2D eigenvalue weighted by atomic mass is 16.1. The third-order valence-electron chi connectivity index (χ3n) is 5.36. The quantitative estimate of drug-likeness (QED) is 0.157. The molecule has 0 radical (unpaired) electrons. The van der Waals surface area contributed by atoms with Crippen LogP contribution in [0.5, 0.6) is 0 Å². The monoisotopic (exact) mass is 416 g/mol. The lowest BCUT2D eigenvalue weighted by Crippen LogP contribution is -2.27. The normalized spacial score (nSPS) is 11.3. The molecule has 158 valence electrons. The van der Waals surface area contributed by atoms with Crippen LogP contribution in [-0.2, 0) is 19.6 Å². The molecule has 2 heterocycles. The summed E-state index contributed by atoms with van der Waals surface area (Å²) in [4.78, 5) is 20.8. The molecule has 4 aromatic rings. The maximum absolute atomic E-state index is 13.3. The van der Waals surface area contributed by atoms with Crippen LogP contribution in [0.1, 0.15) is 26.1 Å². The van der Waals surface area contributed by atoms with E-state index in [1.807, 2.05) is 42.5 Å². The van der Waals surface area contributed by atoms with Crippen molar-refractivity contribution in [2.45, 2.75) is 39.9 Å². The number of aryl methyl sites for hydroxylation is 1. The number of rotatable bonds is 7. The van der Waals surface area contributed by atoms with E-state index in [9.17, 15) is 4.79 Å². The lowest BCUT2D eigenvalue weighted by molar-refractivity contribution is 0.507. The van der Waals surface area contributed by atoms with Gasteiger partial charge in [0.15, 0.2) is 0 Å². The third-order valence-corrected chi connectivity index (χ3v) is 5.36. The van der Waals surface area contributed by atoms with Crippen molar-refractivity contribution in [3.63, 3.8) is 0 Å². The Morgan fingerprint density at radius 3 is 2.39 bits per heavy atom. The largest absolute Gasteiger partial charge is 0.329 e. The number of nitrogens with one attached hydrogen (secondary N) is 1. The van der Waals surface area contributed by atoms with E-state index in [1.165, 1.54) is 4.57 Å². The fraction of sp³-hybridized carbons (Fsp3) is 0.318. The van der Waals surface area contributed by atoms with Crippen LogP contribution in [0.25, 0.3) is 32.5 Å². The minimum atomic E-state index is -0.262. The number of para-hydroxylation sites is 4. The molecule has 0 aliphatic rings. The number of benzene rings is 2. The number of fused-ring (bicyclic) bond motifs is 2. The van der Waals surface area contributed by atoms with Gasteiger partial charge in [0.1, 0.15) is 11.7 Å². The topological polar surface area (TPSA) is 117 Å². The molecule has 1 N–H and O–H groups in total. The molecule has 4 rings (SSSR count). The predicted molar refractivity (Wildman–Crippen MR) is 121 cm³/mol. The van der Waals surface area contributed by atoms with Crippen molar-refractivity contribution in [1.82, 2.24) is 18.7 Å². The molecule has 0 amide bonds. The van der Waals surface area contributed by atoms with E-state index < -0.39 is 0 Å². The molecule has 0 unspecified atom stereocenters. The summed E-state index contributed by atoms with van der Waals surface area (Å²) >= 11 is 0. The Balaban J connectivity index is 1.82. The average Bonchev–Trinajstić information content (AvgIpc) is 3.23. The van der Waals surface area contributed by atoms with Crippen molar-refractivity contribution in [1.29, 1.82) is 5.41 Å². The number of amidine groups is 1. The van der Waals surface area contributed by atoms with Gasteiger partial charge in [0.2, 0.25) is 0 Å². The lowest BCUT2D eigenvalue weighted by atomic mass is 10.1. The van der Waals surface area contributed by atoms with Gasteiger partial charge in [0.05, 0.1) is 35.2 Å². The van der Waals surface area contributed by atoms with Crippen LogP contribution in [0.15, 0.2) is 58.4 Å². The van der Waals surface area contributed by atoms with E-state index in [-0.39, 0.29) is 18.1 Å². The molecule has 0 saturated heterocycles. The van der Waals surface area contributed by atoms with E-state index in [1.54, 1.807) is 4.57 Å². The molecule has 2 aromatic carbocycles. The van der Waals surface area contributed by atoms with Gasteiger partial charge in [-0.25, -0.2) is 9.78 Å². The van der Waals surface area contributed by atoms with Gasteiger partial charge in [0, 0.05) is 11.5 Å². The molecule has 9 nitrogen and oxygen atoms in total. The first-order valence-electron chi connectivity index (χ1n) is 10.2. The van der Waals surface area contributed by atoms with E-state index in [0.29, 0.717) is 18.0 Å². The van der Waals surface area contributed by atoms with Crippen molar-refractivity contribution in [3.05, 3.63) is 75.3 Å². The van der Waals surface area contributed by atoms with Crippen molar-refractivity contribution in [3.8, 4) is 0 Å². The fourth-order valence-corrected chi connectivity index (χ4v) is 3.84. The van der Waals surface area contributed by atoms with Gasteiger partial charge in [0.25, 0.3) is 0 Å². The minimum Gasteiger partial charge on any atom is -0.326 e. The molecule has 31 heavy (non-hydrogen) atoms. The Morgan fingerprint density at radius 2 is 1.71 bits per heavy atom. The maximum Gasteiger partial charge on any atom is 0.329 e. The molecule has 2 aromatic heterocycles. The number of azide groups is 1. The summed E-state index contributed by atoms with van der Waals surface area (Å²) in [6.07, 6.45) is 1.01. The minimum absolute atomic E-state index is 0.0832. The van der Waals surface area contributed by atoms with E-state index >= 15 is 0 Å². The zero-order chi connectivity index (χ0) is 22.0. The number of nitrogens with zero attached hydrogens (tertiary/aromatic N) is 7. The Labute approximate surface area is 178 Å². The summed E-state index contributed by atoms with van der Waals surface area (Å²) in [6, 6.07) is 15.4. The average molecular weight is 416 g/mol. The number of aromatic nitrogens is 4. The molecule has 0 aliphatic carbocycles. The lowest BCUT2D eigenvalue weighted by Gasteiger charge is -2.11. The van der Waals surface area contributed by atoms with Crippen molar-refractivity contribution in [2.24, 2.45) is 11.0 Å². The summed E-state index contributed by atoms with van der Waals surface area (Å²) in [6.45, 7) is 5.43. The smallest absolute Gasteiger partial charge is 0.326 e. The van der Waals surface area contributed by atoms with Crippen LogP contribution >= 0.6 is 0 Å². The van der Waals surface area contributed by atoms with Crippen LogP contribution in [0, 0.1) is 11.3 Å². The Hall–Kier alpha value is -3.84. The van der Waals surface area contributed by atoms with Crippen LogP contribution in [-0.4, -0.2) is 24.5 Å². The second-order valence-electron chi connectivity index (χ2n) is 7.93. The van der Waals surface area contributed by atoms with Crippen LogP contribution in [0.2, 0.25) is 0 Å². The molecule has 0 spiro atoms. The number of imidazole rings is 2. The zero-order valence-electron chi connectivity index (χ0n) is 17.6. The highest BCUT2D eigenvalue weighted by molar-refractivity contribution is 5.83. The van der Waals surface area contributed by atoms with E-state index in [2.05, 4.69) is 34.5 Å². The third kappa shape index (κ3) is 3.95. The fourth-order valence-electron chi connectivity index (χ4n) is 3.84. The summed E-state index contributed by atoms with van der Waals surface area (Å²) in [7, 11) is 0. The zero-order valence-corrected chi connectivity index (χ0v) is 17.6. The van der Waals surface area contributed by atoms with Gasteiger partial charge in [-0.15, -0.1) is 0 Å². The van der Waals surface area contributed by atoms with Crippen LogP contribution in [0.3, 0.4) is 0 Å². The van der Waals surface area contributed by atoms with Crippen LogP contribution < -0.4 is 5.69 Å². The highest BCUT2D eigenvalue weighted by Crippen LogP contribution is 2.20.